The van der Waals surface area contributed by atoms with Crippen LogP contribution >= 0.6 is 0 Å². The van der Waals surface area contributed by atoms with Gasteiger partial charge in [0.2, 0.25) is 0 Å². The first-order valence-corrected chi connectivity index (χ1v) is 7.55. The molecule has 0 spiro atoms. The van der Waals surface area contributed by atoms with Crippen LogP contribution < -0.4 is 11.2 Å². The fourth-order valence-corrected chi connectivity index (χ4v) is 2.31. The summed E-state index contributed by atoms with van der Waals surface area (Å²) >= 11 is 0. The van der Waals surface area contributed by atoms with Crippen molar-refractivity contribution in [3.63, 3.8) is 0 Å². The first-order chi connectivity index (χ1) is 11.1. The van der Waals surface area contributed by atoms with E-state index >= 15 is 0 Å². The number of benzene rings is 1. The molecule has 1 aliphatic rings. The van der Waals surface area contributed by atoms with Crippen LogP contribution in [0.25, 0.3) is 0 Å². The van der Waals surface area contributed by atoms with E-state index < -0.39 is 36.3 Å². The SMILES string of the molecule is CC1(C)OB(c2ccc(C[C@@H](C#N)OC(N)=O)c(F)c2)OC1(C)C. The Morgan fingerprint density at radius 1 is 1.38 bits per heavy atom. The highest BCUT2D eigenvalue weighted by Crippen LogP contribution is 2.36. The molecular formula is C16H20BFN2O4. The number of carbonyl (C=O) groups excluding carboxylic acids is 1. The maximum atomic E-state index is 14.3. The Bertz CT molecular complexity index is 671. The van der Waals surface area contributed by atoms with E-state index in [1.54, 1.807) is 12.1 Å². The van der Waals surface area contributed by atoms with Gasteiger partial charge in [-0.25, -0.2) is 9.18 Å². The van der Waals surface area contributed by atoms with Gasteiger partial charge in [-0.2, -0.15) is 5.26 Å². The van der Waals surface area contributed by atoms with Crippen LogP contribution in [0.1, 0.15) is 33.3 Å². The zero-order chi connectivity index (χ0) is 18.1. The molecule has 1 atom stereocenters. The second-order valence-electron chi connectivity index (χ2n) is 6.70. The van der Waals surface area contributed by atoms with Gasteiger partial charge in [0.25, 0.3) is 0 Å². The number of hydrogen-bond donors (Lipinski definition) is 1. The van der Waals surface area contributed by atoms with Gasteiger partial charge in [0.05, 0.1) is 11.2 Å². The highest BCUT2D eigenvalue weighted by molar-refractivity contribution is 6.62. The summed E-state index contributed by atoms with van der Waals surface area (Å²) in [4.78, 5) is 10.7. The van der Waals surface area contributed by atoms with Gasteiger partial charge < -0.3 is 19.8 Å². The van der Waals surface area contributed by atoms with Gasteiger partial charge in [-0.3, -0.25) is 0 Å². The van der Waals surface area contributed by atoms with Gasteiger partial charge in [-0.15, -0.1) is 0 Å². The minimum atomic E-state index is -1.14. The summed E-state index contributed by atoms with van der Waals surface area (Å²) in [5.74, 6) is -0.532. The Morgan fingerprint density at radius 2 is 1.96 bits per heavy atom. The standard InChI is InChI=1S/C16H20BFN2O4/c1-15(2)16(3,4)24-17(23-15)11-6-5-10(13(18)8-11)7-12(9-19)22-14(20)21/h5-6,8,12H,7H2,1-4H3,(H2,20,21)/t12-/m0/s1. The van der Waals surface area contributed by atoms with Gasteiger partial charge in [0.1, 0.15) is 11.9 Å². The average Bonchev–Trinajstić information content (AvgIpc) is 2.68. The van der Waals surface area contributed by atoms with Gasteiger partial charge in [0.15, 0.2) is 6.10 Å². The molecule has 0 aromatic heterocycles. The number of nitriles is 1. The van der Waals surface area contributed by atoms with Crippen molar-refractivity contribution in [2.24, 2.45) is 5.73 Å². The van der Waals surface area contributed by atoms with Crippen LogP contribution in [0.2, 0.25) is 0 Å². The Labute approximate surface area is 140 Å². The Kier molecular flexibility index (Phi) is 4.88. The van der Waals surface area contributed by atoms with Gasteiger partial charge in [-0.1, -0.05) is 12.1 Å². The fourth-order valence-electron chi connectivity index (χ4n) is 2.31. The van der Waals surface area contributed by atoms with Crippen LogP contribution in [0.4, 0.5) is 9.18 Å². The molecule has 2 N–H and O–H groups in total. The lowest BCUT2D eigenvalue weighted by molar-refractivity contribution is 0.00578. The number of carbonyl (C=O) groups is 1. The van der Waals surface area contributed by atoms with E-state index in [9.17, 15) is 9.18 Å². The van der Waals surface area contributed by atoms with Gasteiger partial charge >= 0.3 is 13.2 Å². The lowest BCUT2D eigenvalue weighted by atomic mass is 9.78. The Morgan fingerprint density at radius 3 is 2.42 bits per heavy atom. The predicted octanol–water partition coefficient (Wildman–Crippen LogP) is 1.65. The zero-order valence-electron chi connectivity index (χ0n) is 14.1. The van der Waals surface area contributed by atoms with Crippen LogP contribution in [0, 0.1) is 17.1 Å². The molecule has 0 unspecified atom stereocenters. The van der Waals surface area contributed by atoms with E-state index in [-0.39, 0.29) is 12.0 Å². The summed E-state index contributed by atoms with van der Waals surface area (Å²) in [6.45, 7) is 7.65. The smallest absolute Gasteiger partial charge is 0.431 e. The van der Waals surface area contributed by atoms with Gasteiger partial charge in [0, 0.05) is 6.42 Å². The van der Waals surface area contributed by atoms with E-state index in [0.717, 1.165) is 0 Å². The Balaban J connectivity index is 2.16. The molecular weight excluding hydrogens is 314 g/mol. The Hall–Kier alpha value is -2.11. The zero-order valence-corrected chi connectivity index (χ0v) is 14.1. The molecule has 6 nitrogen and oxygen atoms in total. The number of nitrogens with zero attached hydrogens (tertiary/aromatic N) is 1. The van der Waals surface area contributed by atoms with Crippen molar-refractivity contribution in [2.45, 2.75) is 51.4 Å². The normalized spacial score (nSPS) is 19.6. The second-order valence-corrected chi connectivity index (χ2v) is 6.70. The molecule has 1 amide bonds. The summed E-state index contributed by atoms with van der Waals surface area (Å²) in [5, 5.41) is 8.92. The third kappa shape index (κ3) is 3.69. The molecule has 1 aliphatic heterocycles. The van der Waals surface area contributed by atoms with E-state index in [2.05, 4.69) is 4.74 Å². The summed E-state index contributed by atoms with van der Waals surface area (Å²) < 4.78 is 30.7. The number of nitrogens with two attached hydrogens (primary N) is 1. The van der Waals surface area contributed by atoms with E-state index in [1.807, 2.05) is 27.7 Å². The molecule has 0 aliphatic carbocycles. The maximum absolute atomic E-state index is 14.3. The third-order valence-electron chi connectivity index (χ3n) is 4.41. The average molecular weight is 334 g/mol. The fraction of sp³-hybridized carbons (Fsp3) is 0.500. The lowest BCUT2D eigenvalue weighted by Gasteiger charge is -2.32. The van der Waals surface area contributed by atoms with Gasteiger partial charge in [-0.05, 0) is 44.8 Å². The molecule has 1 saturated heterocycles. The predicted molar refractivity (Wildman–Crippen MR) is 85.9 cm³/mol. The third-order valence-corrected chi connectivity index (χ3v) is 4.41. The molecule has 1 aromatic carbocycles. The second kappa shape index (κ2) is 6.42. The van der Waals surface area contributed by atoms with Crippen molar-refractivity contribution in [1.29, 1.82) is 5.26 Å². The quantitative estimate of drug-likeness (QED) is 0.845. The molecule has 1 heterocycles. The largest absolute Gasteiger partial charge is 0.494 e. The van der Waals surface area contributed by atoms with Crippen LogP contribution in [0.3, 0.4) is 0 Å². The van der Waals surface area contributed by atoms with Crippen molar-refractivity contribution in [1.82, 2.24) is 0 Å². The monoisotopic (exact) mass is 334 g/mol. The lowest BCUT2D eigenvalue weighted by Crippen LogP contribution is -2.41. The summed E-state index contributed by atoms with van der Waals surface area (Å²) in [6, 6.07) is 6.25. The first-order valence-electron chi connectivity index (χ1n) is 7.55. The minimum absolute atomic E-state index is 0.0884. The first kappa shape index (κ1) is 18.2. The summed E-state index contributed by atoms with van der Waals surface area (Å²) in [6.07, 6.45) is -2.30. The minimum Gasteiger partial charge on any atom is -0.431 e. The van der Waals surface area contributed by atoms with Crippen LogP contribution in [-0.4, -0.2) is 30.5 Å². The molecule has 24 heavy (non-hydrogen) atoms. The molecule has 1 aromatic rings. The van der Waals surface area contributed by atoms with Crippen molar-refractivity contribution >= 4 is 18.7 Å². The molecule has 1 fully saturated rings. The van der Waals surface area contributed by atoms with Crippen molar-refractivity contribution in [3.05, 3.63) is 29.6 Å². The molecule has 128 valence electrons. The van der Waals surface area contributed by atoms with Crippen LogP contribution in [0.15, 0.2) is 18.2 Å². The number of rotatable bonds is 4. The molecule has 0 saturated carbocycles. The van der Waals surface area contributed by atoms with Crippen molar-refractivity contribution < 1.29 is 23.2 Å². The molecule has 2 rings (SSSR count). The van der Waals surface area contributed by atoms with Crippen LogP contribution in [0.5, 0.6) is 0 Å². The number of halogens is 1. The molecule has 0 bridgehead atoms. The highest BCUT2D eigenvalue weighted by Gasteiger charge is 2.51. The van der Waals surface area contributed by atoms with Crippen molar-refractivity contribution in [2.75, 3.05) is 0 Å². The van der Waals surface area contributed by atoms with E-state index in [0.29, 0.717) is 5.46 Å². The number of primary amides is 1. The molecule has 0 radical (unpaired) electrons. The summed E-state index contributed by atoms with van der Waals surface area (Å²) in [7, 11) is -0.674. The topological polar surface area (TPSA) is 94.6 Å². The highest BCUT2D eigenvalue weighted by atomic mass is 19.1. The number of hydrogen-bond acceptors (Lipinski definition) is 5. The number of amides is 1. The van der Waals surface area contributed by atoms with E-state index in [1.165, 1.54) is 12.1 Å². The summed E-state index contributed by atoms with van der Waals surface area (Å²) in [5.41, 5.74) is 4.62. The van der Waals surface area contributed by atoms with E-state index in [4.69, 9.17) is 20.3 Å². The number of ether oxygens (including phenoxy) is 1. The van der Waals surface area contributed by atoms with Crippen LogP contribution in [-0.2, 0) is 20.5 Å². The van der Waals surface area contributed by atoms with Crippen molar-refractivity contribution in [3.8, 4) is 6.07 Å². The maximum Gasteiger partial charge on any atom is 0.494 e. The molecule has 8 heteroatoms.